The minimum Gasteiger partial charge on any atom is -0.497 e. The largest absolute Gasteiger partial charge is 0.497 e. The van der Waals surface area contributed by atoms with Gasteiger partial charge >= 0.3 is 0 Å². The summed E-state index contributed by atoms with van der Waals surface area (Å²) in [6.07, 6.45) is 0. The number of carbonyl (C=O) groups is 2. The Morgan fingerprint density at radius 1 is 0.912 bits per heavy atom. The molecule has 4 rings (SSSR count). The van der Waals surface area contributed by atoms with E-state index in [4.69, 9.17) is 9.47 Å². The highest BCUT2D eigenvalue weighted by atomic mass is 16.5. The molecule has 2 heterocycles. The van der Waals surface area contributed by atoms with E-state index < -0.39 is 0 Å². The fraction of sp³-hybridized carbons (Fsp3) is 0.407. The number of amides is 2. The first-order chi connectivity index (χ1) is 16.3. The Kier molecular flexibility index (Phi) is 7.05. The molecule has 0 saturated carbocycles. The molecular weight excluding hydrogens is 430 g/mol. The summed E-state index contributed by atoms with van der Waals surface area (Å²) in [5, 5.41) is 3.25. The first-order valence-electron chi connectivity index (χ1n) is 11.7. The molecule has 1 saturated heterocycles. The SMILES string of the molecule is COc1ccc(C2=C(Nc3ccc(C(C)(C)C)cc3)C(=O)N(CCN3CCOCC3)C2=O)cc1. The quantitative estimate of drug-likeness (QED) is 0.634. The van der Waals surface area contributed by atoms with Gasteiger partial charge in [-0.3, -0.25) is 19.4 Å². The highest BCUT2D eigenvalue weighted by Gasteiger charge is 2.39. The Hall–Kier alpha value is -3.16. The van der Waals surface area contributed by atoms with Gasteiger partial charge in [-0.15, -0.1) is 0 Å². The standard InChI is InChI=1S/C27H33N3O4/c1-27(2,3)20-7-9-21(10-8-20)28-24-23(19-5-11-22(33-4)12-6-19)25(31)30(26(24)32)14-13-29-15-17-34-18-16-29/h5-12,28H,13-18H2,1-4H3. The van der Waals surface area contributed by atoms with Crippen LogP contribution in [0.3, 0.4) is 0 Å². The average Bonchev–Trinajstić information content (AvgIpc) is 3.07. The zero-order valence-electron chi connectivity index (χ0n) is 20.4. The summed E-state index contributed by atoms with van der Waals surface area (Å²) in [6, 6.07) is 15.2. The van der Waals surface area contributed by atoms with Crippen molar-refractivity contribution in [1.82, 2.24) is 9.80 Å². The van der Waals surface area contributed by atoms with E-state index in [1.807, 2.05) is 36.4 Å². The summed E-state index contributed by atoms with van der Waals surface area (Å²) in [4.78, 5) is 30.5. The second-order valence-electron chi connectivity index (χ2n) is 9.65. The Morgan fingerprint density at radius 3 is 2.15 bits per heavy atom. The molecule has 2 amide bonds. The molecule has 2 aliphatic rings. The van der Waals surface area contributed by atoms with E-state index in [1.165, 1.54) is 10.5 Å². The molecular formula is C27H33N3O4. The maximum atomic E-state index is 13.5. The number of morpholine rings is 1. The van der Waals surface area contributed by atoms with Crippen LogP contribution in [0.4, 0.5) is 5.69 Å². The molecule has 0 bridgehead atoms. The van der Waals surface area contributed by atoms with Crippen LogP contribution in [-0.4, -0.2) is 68.1 Å². The monoisotopic (exact) mass is 463 g/mol. The Labute approximate surface area is 201 Å². The molecule has 2 aromatic carbocycles. The first kappa shape index (κ1) is 24.0. The zero-order chi connectivity index (χ0) is 24.3. The van der Waals surface area contributed by atoms with E-state index in [0.29, 0.717) is 48.9 Å². The van der Waals surface area contributed by atoms with Crippen molar-refractivity contribution in [3.63, 3.8) is 0 Å². The molecule has 0 radical (unpaired) electrons. The summed E-state index contributed by atoms with van der Waals surface area (Å²) in [5.74, 6) is 0.110. The number of ether oxygens (including phenoxy) is 2. The van der Waals surface area contributed by atoms with E-state index in [1.54, 1.807) is 19.2 Å². The molecule has 34 heavy (non-hydrogen) atoms. The van der Waals surface area contributed by atoms with Crippen molar-refractivity contribution < 1.29 is 19.1 Å². The second-order valence-corrected chi connectivity index (χ2v) is 9.65. The fourth-order valence-corrected chi connectivity index (χ4v) is 4.18. The summed E-state index contributed by atoms with van der Waals surface area (Å²) in [5.41, 5.74) is 3.37. The van der Waals surface area contributed by atoms with Crippen LogP contribution in [0.25, 0.3) is 5.57 Å². The lowest BCUT2D eigenvalue weighted by atomic mass is 9.87. The molecule has 1 N–H and O–H groups in total. The van der Waals surface area contributed by atoms with E-state index in [0.717, 1.165) is 18.8 Å². The molecule has 7 nitrogen and oxygen atoms in total. The van der Waals surface area contributed by atoms with Gasteiger partial charge in [-0.2, -0.15) is 0 Å². The third kappa shape index (κ3) is 5.16. The molecule has 0 unspecified atom stereocenters. The smallest absolute Gasteiger partial charge is 0.278 e. The predicted octanol–water partition coefficient (Wildman–Crippen LogP) is 3.52. The van der Waals surface area contributed by atoms with Crippen LogP contribution in [-0.2, 0) is 19.7 Å². The van der Waals surface area contributed by atoms with Gasteiger partial charge in [-0.25, -0.2) is 0 Å². The van der Waals surface area contributed by atoms with E-state index >= 15 is 0 Å². The predicted molar refractivity (Wildman–Crippen MR) is 133 cm³/mol. The summed E-state index contributed by atoms with van der Waals surface area (Å²) in [7, 11) is 1.60. The van der Waals surface area contributed by atoms with Gasteiger partial charge in [-0.1, -0.05) is 45.0 Å². The van der Waals surface area contributed by atoms with Gasteiger partial charge in [0.25, 0.3) is 11.8 Å². The fourth-order valence-electron chi connectivity index (χ4n) is 4.18. The lowest BCUT2D eigenvalue weighted by molar-refractivity contribution is -0.137. The second kappa shape index (κ2) is 9.99. The maximum Gasteiger partial charge on any atom is 0.278 e. The summed E-state index contributed by atoms with van der Waals surface area (Å²) < 4.78 is 10.7. The van der Waals surface area contributed by atoms with Crippen molar-refractivity contribution in [1.29, 1.82) is 0 Å². The number of hydrogen-bond acceptors (Lipinski definition) is 6. The van der Waals surface area contributed by atoms with E-state index in [9.17, 15) is 9.59 Å². The van der Waals surface area contributed by atoms with Crippen molar-refractivity contribution >= 4 is 23.1 Å². The van der Waals surface area contributed by atoms with Gasteiger partial charge in [0.15, 0.2) is 0 Å². The van der Waals surface area contributed by atoms with Crippen molar-refractivity contribution in [2.45, 2.75) is 26.2 Å². The maximum absolute atomic E-state index is 13.5. The van der Waals surface area contributed by atoms with Crippen molar-refractivity contribution in [3.05, 3.63) is 65.4 Å². The van der Waals surface area contributed by atoms with Gasteiger partial charge in [0.2, 0.25) is 0 Å². The molecule has 1 fully saturated rings. The Balaban J connectivity index is 1.61. The molecule has 180 valence electrons. The summed E-state index contributed by atoms with van der Waals surface area (Å²) >= 11 is 0. The average molecular weight is 464 g/mol. The normalized spacial score (nSPS) is 17.5. The van der Waals surface area contributed by atoms with Crippen molar-refractivity contribution in [2.75, 3.05) is 51.8 Å². The van der Waals surface area contributed by atoms with E-state index in [-0.39, 0.29) is 17.2 Å². The summed E-state index contributed by atoms with van der Waals surface area (Å²) in [6.45, 7) is 10.4. The van der Waals surface area contributed by atoms with Crippen LogP contribution >= 0.6 is 0 Å². The van der Waals surface area contributed by atoms with Gasteiger partial charge in [0.05, 0.1) is 25.9 Å². The number of rotatable bonds is 7. The van der Waals surface area contributed by atoms with Crippen LogP contribution < -0.4 is 10.1 Å². The van der Waals surface area contributed by atoms with Gasteiger partial charge in [0.1, 0.15) is 11.4 Å². The lowest BCUT2D eigenvalue weighted by Crippen LogP contribution is -2.43. The highest BCUT2D eigenvalue weighted by molar-refractivity contribution is 6.36. The van der Waals surface area contributed by atoms with Crippen LogP contribution in [0.2, 0.25) is 0 Å². The minimum atomic E-state index is -0.302. The van der Waals surface area contributed by atoms with Gasteiger partial charge in [-0.05, 0) is 40.8 Å². The van der Waals surface area contributed by atoms with Crippen LogP contribution in [0.1, 0.15) is 31.9 Å². The number of hydrogen-bond donors (Lipinski definition) is 1. The Morgan fingerprint density at radius 2 is 1.56 bits per heavy atom. The van der Waals surface area contributed by atoms with Crippen molar-refractivity contribution in [2.24, 2.45) is 0 Å². The highest BCUT2D eigenvalue weighted by Crippen LogP contribution is 2.32. The Bertz CT molecular complexity index is 1060. The number of benzene rings is 2. The molecule has 2 aromatic rings. The van der Waals surface area contributed by atoms with Gasteiger partial charge < -0.3 is 14.8 Å². The number of methoxy groups -OCH3 is 1. The first-order valence-corrected chi connectivity index (χ1v) is 11.7. The molecule has 2 aliphatic heterocycles. The molecule has 0 aromatic heterocycles. The number of imide groups is 1. The number of anilines is 1. The topological polar surface area (TPSA) is 71.1 Å². The molecule has 0 spiro atoms. The van der Waals surface area contributed by atoms with Crippen molar-refractivity contribution in [3.8, 4) is 5.75 Å². The van der Waals surface area contributed by atoms with Crippen LogP contribution in [0.15, 0.2) is 54.2 Å². The molecule has 0 atom stereocenters. The number of carbonyl (C=O) groups excluding carboxylic acids is 2. The van der Waals surface area contributed by atoms with E-state index in [2.05, 4.69) is 31.0 Å². The molecule has 7 heteroatoms. The van der Waals surface area contributed by atoms with Crippen LogP contribution in [0.5, 0.6) is 5.75 Å². The van der Waals surface area contributed by atoms with Gasteiger partial charge in [0, 0.05) is 31.9 Å². The third-order valence-electron chi connectivity index (χ3n) is 6.31. The minimum absolute atomic E-state index is 0.0293. The third-order valence-corrected chi connectivity index (χ3v) is 6.31. The number of nitrogens with one attached hydrogen (secondary N) is 1. The van der Waals surface area contributed by atoms with Crippen LogP contribution in [0, 0.1) is 0 Å². The lowest BCUT2D eigenvalue weighted by Gasteiger charge is -2.28. The zero-order valence-corrected chi connectivity index (χ0v) is 20.4. The molecule has 0 aliphatic carbocycles. The number of nitrogens with zero attached hydrogens (tertiary/aromatic N) is 2.